The fourth-order valence-corrected chi connectivity index (χ4v) is 2.25. The Balaban J connectivity index is 1.95. The van der Waals surface area contributed by atoms with E-state index in [1.165, 1.54) is 24.6 Å². The predicted octanol–water partition coefficient (Wildman–Crippen LogP) is -0.890. The van der Waals surface area contributed by atoms with E-state index in [2.05, 4.69) is 10.2 Å². The zero-order valence-corrected chi connectivity index (χ0v) is 8.61. The van der Waals surface area contributed by atoms with Gasteiger partial charge in [-0.15, -0.1) is 0 Å². The van der Waals surface area contributed by atoms with E-state index in [4.69, 9.17) is 5.73 Å². The summed E-state index contributed by atoms with van der Waals surface area (Å²) in [5.74, 6) is 2.18. The average Bonchev–Trinajstić information content (AvgIpc) is 2.14. The molecule has 0 bridgehead atoms. The molecule has 1 aliphatic heterocycles. The van der Waals surface area contributed by atoms with Crippen LogP contribution in [-0.2, 0) is 4.79 Å². The average molecular weight is 203 g/mol. The number of carbonyl (C=O) groups excluding carboxylic acids is 1. The number of rotatable bonds is 5. The van der Waals surface area contributed by atoms with Gasteiger partial charge in [-0.05, 0) is 0 Å². The molecule has 1 rings (SSSR count). The number of primary amides is 1. The second kappa shape index (κ2) is 6.23. The summed E-state index contributed by atoms with van der Waals surface area (Å²) >= 11 is 2.01. The molecule has 5 heteroatoms. The lowest BCUT2D eigenvalue weighted by molar-refractivity contribution is -0.117. The van der Waals surface area contributed by atoms with Crippen LogP contribution in [0, 0.1) is 0 Å². The number of hydrogen-bond donors (Lipinski definition) is 2. The third kappa shape index (κ3) is 5.13. The van der Waals surface area contributed by atoms with E-state index in [1.54, 1.807) is 0 Å². The van der Waals surface area contributed by atoms with Crippen molar-refractivity contribution in [2.45, 2.75) is 0 Å². The highest BCUT2D eigenvalue weighted by atomic mass is 32.2. The molecular formula is C8H17N3OS. The first-order valence-corrected chi connectivity index (χ1v) is 5.73. The van der Waals surface area contributed by atoms with E-state index in [0.29, 0.717) is 6.54 Å². The summed E-state index contributed by atoms with van der Waals surface area (Å²) in [6, 6.07) is 0. The summed E-state index contributed by atoms with van der Waals surface area (Å²) in [7, 11) is 0. The molecule has 1 heterocycles. The highest BCUT2D eigenvalue weighted by Crippen LogP contribution is 2.07. The number of nitrogens with one attached hydrogen (secondary N) is 1. The summed E-state index contributed by atoms with van der Waals surface area (Å²) in [6.45, 7) is 4.51. The number of nitrogens with two attached hydrogens (primary N) is 1. The third-order valence-electron chi connectivity index (χ3n) is 2.01. The van der Waals surface area contributed by atoms with Gasteiger partial charge in [-0.1, -0.05) is 0 Å². The monoisotopic (exact) mass is 203 g/mol. The van der Waals surface area contributed by atoms with Crippen LogP contribution in [-0.4, -0.2) is 55.0 Å². The second-order valence-electron chi connectivity index (χ2n) is 3.10. The van der Waals surface area contributed by atoms with Gasteiger partial charge in [-0.25, -0.2) is 0 Å². The molecule has 3 N–H and O–H groups in total. The number of thioether (sulfide) groups is 1. The molecule has 0 atom stereocenters. The Hall–Kier alpha value is -0.260. The Labute approximate surface area is 83.2 Å². The molecule has 1 amide bonds. The quantitative estimate of drug-likeness (QED) is 0.569. The largest absolute Gasteiger partial charge is 0.369 e. The van der Waals surface area contributed by atoms with Gasteiger partial charge in [0.25, 0.3) is 0 Å². The van der Waals surface area contributed by atoms with Crippen LogP contribution < -0.4 is 11.1 Å². The van der Waals surface area contributed by atoms with Gasteiger partial charge in [0.05, 0.1) is 6.54 Å². The topological polar surface area (TPSA) is 58.4 Å². The Morgan fingerprint density at radius 2 is 2.15 bits per heavy atom. The first kappa shape index (κ1) is 10.8. The van der Waals surface area contributed by atoms with Gasteiger partial charge in [0, 0.05) is 37.7 Å². The van der Waals surface area contributed by atoms with E-state index >= 15 is 0 Å². The number of carbonyl (C=O) groups is 1. The van der Waals surface area contributed by atoms with Gasteiger partial charge >= 0.3 is 0 Å². The van der Waals surface area contributed by atoms with Gasteiger partial charge < -0.3 is 16.0 Å². The summed E-state index contributed by atoms with van der Waals surface area (Å²) in [5.41, 5.74) is 4.99. The fourth-order valence-electron chi connectivity index (χ4n) is 1.27. The van der Waals surface area contributed by atoms with Gasteiger partial charge in [0.15, 0.2) is 0 Å². The van der Waals surface area contributed by atoms with Crippen molar-refractivity contribution in [1.82, 2.24) is 10.2 Å². The number of nitrogens with zero attached hydrogens (tertiary/aromatic N) is 1. The van der Waals surface area contributed by atoms with E-state index in [-0.39, 0.29) is 5.91 Å². The fraction of sp³-hybridized carbons (Fsp3) is 0.875. The Morgan fingerprint density at radius 1 is 1.46 bits per heavy atom. The van der Waals surface area contributed by atoms with Crippen molar-refractivity contribution in [2.75, 3.05) is 44.2 Å². The minimum absolute atomic E-state index is 0.283. The molecule has 0 aromatic heterocycles. The van der Waals surface area contributed by atoms with Crippen LogP contribution in [0.25, 0.3) is 0 Å². The molecule has 0 aliphatic carbocycles. The molecule has 0 unspecified atom stereocenters. The molecule has 0 spiro atoms. The maximum Gasteiger partial charge on any atom is 0.231 e. The first-order valence-electron chi connectivity index (χ1n) is 4.58. The Morgan fingerprint density at radius 3 is 2.77 bits per heavy atom. The highest BCUT2D eigenvalue weighted by molar-refractivity contribution is 7.99. The van der Waals surface area contributed by atoms with Crippen LogP contribution in [0.5, 0.6) is 0 Å². The van der Waals surface area contributed by atoms with Crippen molar-refractivity contribution < 1.29 is 4.79 Å². The van der Waals surface area contributed by atoms with E-state index in [9.17, 15) is 4.79 Å². The van der Waals surface area contributed by atoms with Gasteiger partial charge in [-0.2, -0.15) is 11.8 Å². The maximum atomic E-state index is 10.4. The van der Waals surface area contributed by atoms with Crippen molar-refractivity contribution >= 4 is 17.7 Å². The van der Waals surface area contributed by atoms with Crippen LogP contribution in [0.15, 0.2) is 0 Å². The molecule has 76 valence electrons. The molecule has 4 nitrogen and oxygen atoms in total. The third-order valence-corrected chi connectivity index (χ3v) is 2.95. The summed E-state index contributed by atoms with van der Waals surface area (Å²) in [5, 5.41) is 3.01. The maximum absolute atomic E-state index is 10.4. The Bertz CT molecular complexity index is 159. The van der Waals surface area contributed by atoms with E-state index in [0.717, 1.165) is 13.1 Å². The molecule has 0 aromatic rings. The molecule has 1 fully saturated rings. The van der Waals surface area contributed by atoms with Crippen molar-refractivity contribution in [3.05, 3.63) is 0 Å². The minimum atomic E-state index is -0.283. The predicted molar refractivity (Wildman–Crippen MR) is 55.8 cm³/mol. The lowest BCUT2D eigenvalue weighted by atomic mass is 10.4. The van der Waals surface area contributed by atoms with Crippen LogP contribution in [0.4, 0.5) is 0 Å². The molecule has 13 heavy (non-hydrogen) atoms. The van der Waals surface area contributed by atoms with E-state index < -0.39 is 0 Å². The Kier molecular flexibility index (Phi) is 5.19. The van der Waals surface area contributed by atoms with Gasteiger partial charge in [-0.3, -0.25) is 4.79 Å². The zero-order valence-electron chi connectivity index (χ0n) is 7.79. The van der Waals surface area contributed by atoms with E-state index in [1.807, 2.05) is 11.8 Å². The lowest BCUT2D eigenvalue weighted by Gasteiger charge is -2.25. The van der Waals surface area contributed by atoms with Crippen molar-refractivity contribution in [2.24, 2.45) is 5.73 Å². The summed E-state index contributed by atoms with van der Waals surface area (Å²) in [4.78, 5) is 12.8. The smallest absolute Gasteiger partial charge is 0.231 e. The molecular weight excluding hydrogens is 186 g/mol. The van der Waals surface area contributed by atoms with Crippen LogP contribution >= 0.6 is 11.8 Å². The van der Waals surface area contributed by atoms with Gasteiger partial charge in [0.1, 0.15) is 0 Å². The van der Waals surface area contributed by atoms with Crippen molar-refractivity contribution in [1.29, 1.82) is 0 Å². The molecule has 1 saturated heterocycles. The number of hydrogen-bond acceptors (Lipinski definition) is 4. The zero-order chi connectivity index (χ0) is 9.52. The number of amides is 1. The van der Waals surface area contributed by atoms with Crippen molar-refractivity contribution in [3.8, 4) is 0 Å². The standard InChI is InChI=1S/C8H17N3OS/c9-8(12)7-10-1-2-11-3-5-13-6-4-11/h10H,1-7H2,(H2,9,12). The summed E-state index contributed by atoms with van der Waals surface area (Å²) < 4.78 is 0. The van der Waals surface area contributed by atoms with Crippen molar-refractivity contribution in [3.63, 3.8) is 0 Å². The molecule has 1 aliphatic rings. The molecule has 0 saturated carbocycles. The second-order valence-corrected chi connectivity index (χ2v) is 4.32. The minimum Gasteiger partial charge on any atom is -0.369 e. The molecule has 0 aromatic carbocycles. The summed E-state index contributed by atoms with van der Waals surface area (Å²) in [6.07, 6.45) is 0. The van der Waals surface area contributed by atoms with Gasteiger partial charge in [0.2, 0.25) is 5.91 Å². The molecule has 0 radical (unpaired) electrons. The van der Waals surface area contributed by atoms with Crippen LogP contribution in [0.1, 0.15) is 0 Å². The highest BCUT2D eigenvalue weighted by Gasteiger charge is 2.08. The SMILES string of the molecule is NC(=O)CNCCN1CCSCC1. The lowest BCUT2D eigenvalue weighted by Crippen LogP contribution is -2.39. The van der Waals surface area contributed by atoms with Crippen LogP contribution in [0.3, 0.4) is 0 Å². The first-order chi connectivity index (χ1) is 6.29. The van der Waals surface area contributed by atoms with Crippen LogP contribution in [0.2, 0.25) is 0 Å². The normalized spacial score (nSPS) is 18.8.